The topological polar surface area (TPSA) is 97.4 Å². The number of rotatable bonds is 11. The summed E-state index contributed by atoms with van der Waals surface area (Å²) in [4.78, 5) is 35.2. The molecule has 0 fully saturated rings. The number of esters is 3. The normalized spacial score (nSPS) is 10.3. The minimum atomic E-state index is -0.551. The molecule has 4 aromatic rings. The summed E-state index contributed by atoms with van der Waals surface area (Å²) in [5.41, 5.74) is 2.65. The smallest absolute Gasteiger partial charge is 0.343 e. The molecule has 0 saturated carbocycles. The van der Waals surface area contributed by atoms with Crippen LogP contribution in [0.3, 0.4) is 0 Å². The summed E-state index contributed by atoms with van der Waals surface area (Å²) >= 11 is 0. The summed E-state index contributed by atoms with van der Waals surface area (Å²) in [5.74, 6) is -0.223. The van der Waals surface area contributed by atoms with Gasteiger partial charge in [-0.2, -0.15) is 0 Å². The second-order valence-corrected chi connectivity index (χ2v) is 8.57. The van der Waals surface area contributed by atoms with E-state index in [4.69, 9.17) is 23.7 Å². The van der Waals surface area contributed by atoms with Gasteiger partial charge in [-0.1, -0.05) is 43.5 Å². The van der Waals surface area contributed by atoms with Gasteiger partial charge < -0.3 is 23.7 Å². The Labute approximate surface area is 231 Å². The van der Waals surface area contributed by atoms with E-state index in [-0.39, 0.29) is 19.2 Å². The van der Waals surface area contributed by atoms with Crippen LogP contribution in [0.25, 0.3) is 21.9 Å². The molecule has 4 aromatic carbocycles. The Balaban J connectivity index is 1.35. The molecule has 0 spiro atoms. The lowest BCUT2D eigenvalue weighted by atomic mass is 10.00. The van der Waals surface area contributed by atoms with Crippen molar-refractivity contribution in [3.05, 3.63) is 115 Å². The van der Waals surface area contributed by atoms with Crippen LogP contribution in [-0.4, -0.2) is 31.5 Å². The molecular weight excluding hydrogens is 512 g/mol. The predicted octanol–water partition coefficient (Wildman–Crippen LogP) is 6.25. The van der Waals surface area contributed by atoms with Gasteiger partial charge in [0.25, 0.3) is 0 Å². The first-order valence-corrected chi connectivity index (χ1v) is 12.2. The van der Waals surface area contributed by atoms with Crippen LogP contribution < -0.4 is 14.2 Å². The standard InChI is InChI=1S/C32H26O8/c1-4-30(33)38-19-36-27-11-9-22(10-12-27)23-5-6-25-18-26(8-7-24(25)17-23)32(35)40-29-15-13-28(14-16-29)37-20-39-31(34)21(2)3/h4-18H,1-2,19-20H2,3H3. The molecular formula is C32H26O8. The molecule has 0 atom stereocenters. The zero-order valence-corrected chi connectivity index (χ0v) is 21.8. The molecule has 0 aliphatic heterocycles. The van der Waals surface area contributed by atoms with Gasteiger partial charge in [0.15, 0.2) is 0 Å². The van der Waals surface area contributed by atoms with Gasteiger partial charge in [-0.15, -0.1) is 0 Å². The Morgan fingerprint density at radius 1 is 0.700 bits per heavy atom. The highest BCUT2D eigenvalue weighted by Gasteiger charge is 2.11. The molecule has 8 nitrogen and oxygen atoms in total. The van der Waals surface area contributed by atoms with Crippen molar-refractivity contribution in [2.75, 3.05) is 13.6 Å². The van der Waals surface area contributed by atoms with E-state index in [1.54, 1.807) is 55.5 Å². The lowest BCUT2D eigenvalue weighted by Crippen LogP contribution is -2.11. The van der Waals surface area contributed by atoms with E-state index >= 15 is 0 Å². The first-order chi connectivity index (χ1) is 19.3. The molecule has 0 aromatic heterocycles. The van der Waals surface area contributed by atoms with E-state index in [0.717, 1.165) is 28.0 Å². The molecule has 0 heterocycles. The Bertz CT molecular complexity index is 1550. The van der Waals surface area contributed by atoms with Crippen LogP contribution in [0.4, 0.5) is 0 Å². The van der Waals surface area contributed by atoms with E-state index in [2.05, 4.69) is 13.2 Å². The maximum atomic E-state index is 12.7. The second-order valence-electron chi connectivity index (χ2n) is 8.57. The van der Waals surface area contributed by atoms with Crippen LogP contribution >= 0.6 is 0 Å². The average Bonchev–Trinajstić information content (AvgIpc) is 2.97. The number of benzene rings is 4. The van der Waals surface area contributed by atoms with Gasteiger partial charge in [0.1, 0.15) is 17.2 Å². The number of ether oxygens (including phenoxy) is 5. The minimum Gasteiger partial charge on any atom is -0.457 e. The summed E-state index contributed by atoms with van der Waals surface area (Å²) in [7, 11) is 0. The van der Waals surface area contributed by atoms with E-state index in [1.165, 1.54) is 0 Å². The number of hydrogen-bond donors (Lipinski definition) is 0. The van der Waals surface area contributed by atoms with Crippen LogP contribution in [0.5, 0.6) is 17.2 Å². The molecule has 0 N–H and O–H groups in total. The number of carbonyl (C=O) groups excluding carboxylic acids is 3. The van der Waals surface area contributed by atoms with E-state index < -0.39 is 17.9 Å². The molecule has 202 valence electrons. The SMILES string of the molecule is C=CC(=O)OCOc1ccc(-c2ccc3cc(C(=O)Oc4ccc(OCOC(=O)C(=C)C)cc4)ccc3c2)cc1. The van der Waals surface area contributed by atoms with Gasteiger partial charge in [-0.3, -0.25) is 0 Å². The zero-order chi connectivity index (χ0) is 28.5. The lowest BCUT2D eigenvalue weighted by Gasteiger charge is -2.10. The summed E-state index contributed by atoms with van der Waals surface area (Å²) in [6, 6.07) is 25.1. The highest BCUT2D eigenvalue weighted by Crippen LogP contribution is 2.27. The fraction of sp³-hybridized carbons (Fsp3) is 0.0938. The molecule has 0 radical (unpaired) electrons. The van der Waals surface area contributed by atoms with E-state index in [0.29, 0.717) is 22.8 Å². The van der Waals surface area contributed by atoms with E-state index in [9.17, 15) is 14.4 Å². The fourth-order valence-electron chi connectivity index (χ4n) is 3.55. The first-order valence-electron chi connectivity index (χ1n) is 12.2. The number of fused-ring (bicyclic) bond motifs is 1. The van der Waals surface area contributed by atoms with Gasteiger partial charge in [0.05, 0.1) is 5.56 Å². The minimum absolute atomic E-state index is 0.195. The first kappa shape index (κ1) is 27.7. The van der Waals surface area contributed by atoms with Gasteiger partial charge >= 0.3 is 17.9 Å². The van der Waals surface area contributed by atoms with Crippen LogP contribution in [0, 0.1) is 0 Å². The summed E-state index contributed by atoms with van der Waals surface area (Å²) < 4.78 is 25.9. The molecule has 0 unspecified atom stereocenters. The molecule has 0 saturated heterocycles. The largest absolute Gasteiger partial charge is 0.457 e. The Hall–Kier alpha value is -5.37. The monoisotopic (exact) mass is 538 g/mol. The van der Waals surface area contributed by atoms with Gasteiger partial charge in [-0.05, 0) is 83.4 Å². The van der Waals surface area contributed by atoms with Crippen molar-refractivity contribution in [1.82, 2.24) is 0 Å². The summed E-state index contributed by atoms with van der Waals surface area (Å²) in [6.07, 6.45) is 1.07. The molecule has 0 amide bonds. The third kappa shape index (κ3) is 7.35. The Morgan fingerprint density at radius 2 is 1.25 bits per heavy atom. The summed E-state index contributed by atoms with van der Waals surface area (Å²) in [5, 5.41) is 1.84. The predicted molar refractivity (Wildman–Crippen MR) is 149 cm³/mol. The second kappa shape index (κ2) is 12.9. The average molecular weight is 539 g/mol. The van der Waals surface area contributed by atoms with Crippen molar-refractivity contribution < 1.29 is 38.1 Å². The van der Waals surface area contributed by atoms with Crippen LogP contribution in [-0.2, 0) is 19.1 Å². The van der Waals surface area contributed by atoms with Crippen molar-refractivity contribution in [2.24, 2.45) is 0 Å². The molecule has 0 aliphatic rings. The van der Waals surface area contributed by atoms with Crippen LogP contribution in [0.1, 0.15) is 17.3 Å². The summed E-state index contributed by atoms with van der Waals surface area (Å²) in [6.45, 7) is 7.93. The third-order valence-corrected chi connectivity index (χ3v) is 5.66. The molecule has 40 heavy (non-hydrogen) atoms. The molecule has 0 bridgehead atoms. The third-order valence-electron chi connectivity index (χ3n) is 5.66. The maximum absolute atomic E-state index is 12.7. The fourth-order valence-corrected chi connectivity index (χ4v) is 3.55. The van der Waals surface area contributed by atoms with Crippen molar-refractivity contribution in [1.29, 1.82) is 0 Å². The quantitative estimate of drug-likeness (QED) is 0.0957. The van der Waals surface area contributed by atoms with E-state index in [1.807, 2.05) is 36.4 Å². The molecule has 4 rings (SSSR count). The number of carbonyl (C=O) groups is 3. The highest BCUT2D eigenvalue weighted by atomic mass is 16.7. The Morgan fingerprint density at radius 3 is 1.90 bits per heavy atom. The maximum Gasteiger partial charge on any atom is 0.343 e. The van der Waals surface area contributed by atoms with Gasteiger partial charge in [-0.25, -0.2) is 14.4 Å². The van der Waals surface area contributed by atoms with Crippen molar-refractivity contribution >= 4 is 28.7 Å². The van der Waals surface area contributed by atoms with Crippen molar-refractivity contribution in [3.8, 4) is 28.4 Å². The lowest BCUT2D eigenvalue weighted by molar-refractivity contribution is -0.145. The Kier molecular flexibility index (Phi) is 8.94. The van der Waals surface area contributed by atoms with Crippen LogP contribution in [0.15, 0.2) is 110 Å². The molecule has 0 aliphatic carbocycles. The van der Waals surface area contributed by atoms with Crippen LogP contribution in [0.2, 0.25) is 0 Å². The van der Waals surface area contributed by atoms with Crippen molar-refractivity contribution in [3.63, 3.8) is 0 Å². The van der Waals surface area contributed by atoms with Crippen molar-refractivity contribution in [2.45, 2.75) is 6.92 Å². The highest BCUT2D eigenvalue weighted by molar-refractivity contribution is 5.97. The van der Waals surface area contributed by atoms with Gasteiger partial charge in [0, 0.05) is 11.6 Å². The van der Waals surface area contributed by atoms with Gasteiger partial charge in [0.2, 0.25) is 13.6 Å². The zero-order valence-electron chi connectivity index (χ0n) is 21.8. The number of hydrogen-bond acceptors (Lipinski definition) is 8. The molecule has 8 heteroatoms.